The number of nitrogens with one attached hydrogen (secondary N) is 1. The summed E-state index contributed by atoms with van der Waals surface area (Å²) in [5, 5.41) is 9.88. The first kappa shape index (κ1) is 20.1. The Balaban J connectivity index is 1.39. The van der Waals surface area contributed by atoms with Crippen molar-refractivity contribution in [3.8, 4) is 17.3 Å². The molecule has 0 aliphatic rings. The molecule has 30 heavy (non-hydrogen) atoms. The predicted molar refractivity (Wildman–Crippen MR) is 115 cm³/mol. The quantitative estimate of drug-likeness (QED) is 0.400. The Morgan fingerprint density at radius 2 is 1.87 bits per heavy atom. The van der Waals surface area contributed by atoms with Crippen LogP contribution in [0.1, 0.15) is 32.9 Å². The number of hydrogen-bond acceptors (Lipinski definition) is 6. The Hall–Kier alpha value is -3.16. The van der Waals surface area contributed by atoms with E-state index in [4.69, 9.17) is 16.0 Å². The molecule has 6 nitrogen and oxygen atoms in total. The molecule has 0 radical (unpaired) electrons. The van der Waals surface area contributed by atoms with E-state index < -0.39 is 0 Å². The molecular formula is C22H17ClN2O4S. The lowest BCUT2D eigenvalue weighted by atomic mass is 10.0. The number of Topliss-reactive ketones (excluding diaryl/α,β-unsaturated/α-hetero) is 1. The van der Waals surface area contributed by atoms with Crippen LogP contribution < -0.4 is 4.87 Å². The van der Waals surface area contributed by atoms with Crippen LogP contribution in [0.2, 0.25) is 5.22 Å². The van der Waals surface area contributed by atoms with Crippen molar-refractivity contribution in [2.75, 3.05) is 0 Å². The lowest BCUT2D eigenvalue weighted by molar-refractivity contribution is 0.0982. The van der Waals surface area contributed by atoms with E-state index in [0.29, 0.717) is 34.9 Å². The molecule has 4 rings (SSSR count). The topological polar surface area (TPSA) is 96.2 Å². The number of rotatable bonds is 7. The molecule has 0 aliphatic carbocycles. The van der Waals surface area contributed by atoms with Crippen LogP contribution in [0.3, 0.4) is 0 Å². The van der Waals surface area contributed by atoms with E-state index in [-0.39, 0.29) is 28.2 Å². The molecule has 2 aromatic carbocycles. The van der Waals surface area contributed by atoms with Gasteiger partial charge in [0.25, 0.3) is 0 Å². The normalized spacial score (nSPS) is 11.0. The summed E-state index contributed by atoms with van der Waals surface area (Å²) in [6.45, 7) is 0. The highest BCUT2D eigenvalue weighted by Gasteiger charge is 2.15. The van der Waals surface area contributed by atoms with E-state index in [2.05, 4.69) is 9.97 Å². The van der Waals surface area contributed by atoms with E-state index in [1.54, 1.807) is 12.1 Å². The van der Waals surface area contributed by atoms with Crippen molar-refractivity contribution in [1.82, 2.24) is 9.97 Å². The Labute approximate surface area is 180 Å². The molecule has 8 heteroatoms. The molecule has 0 bridgehead atoms. The highest BCUT2D eigenvalue weighted by molar-refractivity contribution is 7.09. The highest BCUT2D eigenvalue weighted by atomic mass is 35.5. The van der Waals surface area contributed by atoms with Crippen molar-refractivity contribution < 1.29 is 14.3 Å². The van der Waals surface area contributed by atoms with Gasteiger partial charge in [-0.05, 0) is 29.3 Å². The van der Waals surface area contributed by atoms with Gasteiger partial charge in [-0.1, -0.05) is 53.8 Å². The average molecular weight is 441 g/mol. The zero-order valence-electron chi connectivity index (χ0n) is 15.7. The van der Waals surface area contributed by atoms with Gasteiger partial charge in [0.2, 0.25) is 17.0 Å². The van der Waals surface area contributed by atoms with Crippen molar-refractivity contribution in [2.45, 2.75) is 19.3 Å². The number of aromatic hydroxyl groups is 1. The first-order valence-electron chi connectivity index (χ1n) is 9.23. The second-order valence-corrected chi connectivity index (χ2v) is 8.10. The lowest BCUT2D eigenvalue weighted by Crippen LogP contribution is -2.02. The Morgan fingerprint density at radius 3 is 2.53 bits per heavy atom. The molecule has 2 N–H and O–H groups in total. The third-order valence-electron chi connectivity index (χ3n) is 4.60. The van der Waals surface area contributed by atoms with Gasteiger partial charge in [-0.2, -0.15) is 0 Å². The van der Waals surface area contributed by atoms with Crippen LogP contribution in [0, 0.1) is 0 Å². The molecule has 2 aromatic heterocycles. The predicted octanol–water partition coefficient (Wildman–Crippen LogP) is 4.86. The number of halogens is 1. The summed E-state index contributed by atoms with van der Waals surface area (Å²) in [7, 11) is 0. The SMILES string of the molecule is O=C(CCc1nc(-c2ccccc2)oc1Cl)c1ccc(Cc2sc(=O)[nH]c2O)cc1. The van der Waals surface area contributed by atoms with Gasteiger partial charge >= 0.3 is 4.87 Å². The van der Waals surface area contributed by atoms with Crippen molar-refractivity contribution >= 4 is 28.7 Å². The molecule has 2 heterocycles. The largest absolute Gasteiger partial charge is 0.494 e. The average Bonchev–Trinajstić information content (AvgIpc) is 3.28. The van der Waals surface area contributed by atoms with Crippen LogP contribution in [0.25, 0.3) is 11.5 Å². The van der Waals surface area contributed by atoms with Crippen molar-refractivity contribution in [3.63, 3.8) is 0 Å². The van der Waals surface area contributed by atoms with E-state index in [9.17, 15) is 14.7 Å². The summed E-state index contributed by atoms with van der Waals surface area (Å²) in [5.41, 5.74) is 2.85. The van der Waals surface area contributed by atoms with Crippen molar-refractivity contribution in [1.29, 1.82) is 0 Å². The number of ketones is 1. The summed E-state index contributed by atoms with van der Waals surface area (Å²) in [5.74, 6) is 0.295. The first-order chi connectivity index (χ1) is 14.5. The van der Waals surface area contributed by atoms with E-state index in [1.165, 1.54) is 0 Å². The standard InChI is InChI=1S/C22H17ClN2O4S/c23-19-16(24-21(29-19)15-4-2-1-3-5-15)10-11-17(26)14-8-6-13(7-9-14)12-18-20(27)25-22(28)30-18/h1-9,27H,10-12H2,(H,25,28). The first-order valence-corrected chi connectivity index (χ1v) is 10.4. The van der Waals surface area contributed by atoms with Crippen LogP contribution in [0.5, 0.6) is 5.88 Å². The van der Waals surface area contributed by atoms with Gasteiger partial charge in [0, 0.05) is 30.4 Å². The smallest absolute Gasteiger partial charge is 0.307 e. The lowest BCUT2D eigenvalue weighted by Gasteiger charge is -2.03. The number of oxazole rings is 1. The maximum Gasteiger partial charge on any atom is 0.307 e. The number of carbonyl (C=O) groups is 1. The second kappa shape index (κ2) is 8.69. The van der Waals surface area contributed by atoms with Crippen LogP contribution >= 0.6 is 22.9 Å². The summed E-state index contributed by atoms with van der Waals surface area (Å²) < 4.78 is 5.52. The Morgan fingerprint density at radius 1 is 1.13 bits per heavy atom. The molecular weight excluding hydrogens is 424 g/mol. The van der Waals surface area contributed by atoms with E-state index in [0.717, 1.165) is 22.5 Å². The van der Waals surface area contributed by atoms with Gasteiger partial charge in [0.05, 0.1) is 10.6 Å². The third kappa shape index (κ3) is 4.53. The number of benzene rings is 2. The molecule has 0 spiro atoms. The third-order valence-corrected chi connectivity index (χ3v) is 5.77. The maximum atomic E-state index is 12.5. The minimum atomic E-state index is -0.295. The number of hydrogen-bond donors (Lipinski definition) is 2. The van der Waals surface area contributed by atoms with E-state index >= 15 is 0 Å². The molecule has 4 aromatic rings. The van der Waals surface area contributed by atoms with Gasteiger partial charge < -0.3 is 9.52 Å². The minimum Gasteiger partial charge on any atom is -0.494 e. The van der Waals surface area contributed by atoms with Crippen molar-refractivity contribution in [2.24, 2.45) is 0 Å². The van der Waals surface area contributed by atoms with Gasteiger partial charge in [-0.15, -0.1) is 0 Å². The van der Waals surface area contributed by atoms with E-state index in [1.807, 2.05) is 42.5 Å². The number of aromatic amines is 1. The number of thiazole rings is 1. The number of H-pyrrole nitrogens is 1. The molecule has 0 atom stereocenters. The molecule has 0 fully saturated rings. The minimum absolute atomic E-state index is 0.0315. The maximum absolute atomic E-state index is 12.5. The van der Waals surface area contributed by atoms with Crippen LogP contribution in [0.15, 0.2) is 63.8 Å². The number of aromatic nitrogens is 2. The molecule has 0 amide bonds. The molecule has 152 valence electrons. The number of nitrogens with zero attached hydrogens (tertiary/aromatic N) is 1. The summed E-state index contributed by atoms with van der Waals surface area (Å²) in [6, 6.07) is 16.5. The Bertz CT molecular complexity index is 1230. The summed E-state index contributed by atoms with van der Waals surface area (Å²) >= 11 is 7.12. The molecule has 0 saturated heterocycles. The van der Waals surface area contributed by atoms with Crippen LogP contribution in [0.4, 0.5) is 0 Å². The van der Waals surface area contributed by atoms with Crippen molar-refractivity contribution in [3.05, 3.63) is 91.2 Å². The zero-order valence-corrected chi connectivity index (χ0v) is 17.3. The van der Waals surface area contributed by atoms with Crippen LogP contribution in [-0.2, 0) is 12.8 Å². The highest BCUT2D eigenvalue weighted by Crippen LogP contribution is 2.26. The monoisotopic (exact) mass is 440 g/mol. The zero-order chi connectivity index (χ0) is 21.1. The van der Waals surface area contributed by atoms with Gasteiger partial charge in [-0.25, -0.2) is 4.98 Å². The number of carbonyl (C=O) groups excluding carboxylic acids is 1. The molecule has 0 unspecified atom stereocenters. The Kier molecular flexibility index (Phi) is 5.83. The molecule has 0 aliphatic heterocycles. The summed E-state index contributed by atoms with van der Waals surface area (Å²) in [6.07, 6.45) is 1.04. The fraction of sp³-hybridized carbons (Fsp3) is 0.136. The van der Waals surface area contributed by atoms with Gasteiger partial charge in [0.1, 0.15) is 0 Å². The van der Waals surface area contributed by atoms with Crippen LogP contribution in [-0.4, -0.2) is 20.9 Å². The van der Waals surface area contributed by atoms with Gasteiger partial charge in [-0.3, -0.25) is 14.6 Å². The molecule has 0 saturated carbocycles. The summed E-state index contributed by atoms with van der Waals surface area (Å²) in [4.78, 5) is 30.9. The van der Waals surface area contributed by atoms with Gasteiger partial charge in [0.15, 0.2) is 5.78 Å². The number of aryl methyl sites for hydroxylation is 1. The fourth-order valence-electron chi connectivity index (χ4n) is 3.03. The fourth-order valence-corrected chi connectivity index (χ4v) is 4.00. The second-order valence-electron chi connectivity index (χ2n) is 6.69.